The molecular formula is C31H30ClFN3O7. The van der Waals surface area contributed by atoms with Crippen molar-refractivity contribution in [3.63, 3.8) is 0 Å². The van der Waals surface area contributed by atoms with Gasteiger partial charge < -0.3 is 25.0 Å². The van der Waals surface area contributed by atoms with Crippen LogP contribution in [0.15, 0.2) is 48.5 Å². The van der Waals surface area contributed by atoms with Crippen LogP contribution in [0.1, 0.15) is 24.0 Å². The number of hydrogen-bond acceptors (Lipinski definition) is 7. The Morgan fingerprint density at radius 3 is 2.37 bits per heavy atom. The maximum atomic E-state index is 14.6. The summed E-state index contributed by atoms with van der Waals surface area (Å²) < 4.78 is 25.0. The number of Topliss-reactive ketones (excluding diaryl/α,β-unsaturated/α-hetero) is 2. The van der Waals surface area contributed by atoms with Crippen molar-refractivity contribution in [2.24, 2.45) is 11.7 Å². The second-order valence-electron chi connectivity index (χ2n) is 11.4. The zero-order valence-corrected chi connectivity index (χ0v) is 23.9. The van der Waals surface area contributed by atoms with Gasteiger partial charge in [-0.1, -0.05) is 35.9 Å². The van der Waals surface area contributed by atoms with Gasteiger partial charge in [-0.2, -0.15) is 0 Å². The molecule has 5 atom stereocenters. The monoisotopic (exact) mass is 610 g/mol. The standard InChI is InChI=1S/C31H30ClFN3O7/c32-19-5-1-17(2-6-19)13-21(28(39)35-11-9-24-27(35)23(37)15-42-24)22(14-18-3-7-20(33)8-4-18)29(40)36-12-10-26-31(36,30(34)41)25(38)16-43-26/h1-8,22,24,26-27H,9-16H2,(H2,34,41). The molecule has 0 saturated carbocycles. The van der Waals surface area contributed by atoms with E-state index in [2.05, 4.69) is 0 Å². The maximum absolute atomic E-state index is 14.6. The number of ether oxygens (including phenoxy) is 2. The Hall–Kier alpha value is -3.67. The highest BCUT2D eigenvalue weighted by Crippen LogP contribution is 2.41. The minimum absolute atomic E-state index is 0.0151. The molecule has 5 unspecified atom stereocenters. The zero-order chi connectivity index (χ0) is 30.5. The molecule has 10 nitrogen and oxygen atoms in total. The number of carbonyl (C=O) groups excluding carboxylic acids is 5. The van der Waals surface area contributed by atoms with E-state index in [-0.39, 0.29) is 57.3 Å². The van der Waals surface area contributed by atoms with Gasteiger partial charge in [-0.25, -0.2) is 4.39 Å². The van der Waals surface area contributed by atoms with E-state index in [4.69, 9.17) is 26.8 Å². The Morgan fingerprint density at radius 2 is 1.67 bits per heavy atom. The van der Waals surface area contributed by atoms with Gasteiger partial charge in [0, 0.05) is 18.1 Å². The molecule has 1 radical (unpaired) electrons. The van der Waals surface area contributed by atoms with Gasteiger partial charge in [-0.05, 0) is 61.1 Å². The van der Waals surface area contributed by atoms with Crippen molar-refractivity contribution in [3.8, 4) is 0 Å². The molecule has 4 saturated heterocycles. The molecule has 225 valence electrons. The highest BCUT2D eigenvalue weighted by atomic mass is 35.5. The number of hydrogen-bond donors (Lipinski definition) is 1. The lowest BCUT2D eigenvalue weighted by Crippen LogP contribution is -2.65. The van der Waals surface area contributed by atoms with Gasteiger partial charge in [0.25, 0.3) is 5.91 Å². The molecule has 43 heavy (non-hydrogen) atoms. The largest absolute Gasteiger partial charge is 0.368 e. The van der Waals surface area contributed by atoms with Crippen LogP contribution in [0.3, 0.4) is 0 Å². The van der Waals surface area contributed by atoms with E-state index >= 15 is 0 Å². The molecule has 6 rings (SSSR count). The molecule has 0 aliphatic carbocycles. The van der Waals surface area contributed by atoms with Crippen molar-refractivity contribution in [3.05, 3.63) is 76.4 Å². The van der Waals surface area contributed by atoms with E-state index in [1.54, 1.807) is 24.3 Å². The van der Waals surface area contributed by atoms with Crippen LogP contribution >= 0.6 is 11.6 Å². The maximum Gasteiger partial charge on any atom is 0.254 e. The fraction of sp³-hybridized carbons (Fsp3) is 0.419. The van der Waals surface area contributed by atoms with Crippen LogP contribution in [0.5, 0.6) is 0 Å². The fourth-order valence-corrected chi connectivity index (χ4v) is 7.05. The van der Waals surface area contributed by atoms with Gasteiger partial charge in [-0.3, -0.25) is 24.0 Å². The van der Waals surface area contributed by atoms with Crippen LogP contribution in [0.25, 0.3) is 0 Å². The van der Waals surface area contributed by atoms with Crippen LogP contribution in [-0.4, -0.2) is 89.2 Å². The minimum Gasteiger partial charge on any atom is -0.368 e. The summed E-state index contributed by atoms with van der Waals surface area (Å²) in [5, 5.41) is 0.484. The fourth-order valence-electron chi connectivity index (χ4n) is 6.92. The number of likely N-dealkylation sites (tertiary alicyclic amines) is 2. The number of primary amides is 1. The van der Waals surface area contributed by atoms with E-state index in [1.165, 1.54) is 29.2 Å². The SMILES string of the molecule is NC(=O)C12C(=O)COC1CCN2C(=O)C(Cc1ccc(F)cc1)[C](Cc1ccc(Cl)cc1)C(=O)N1CCC2OCC(=O)C21. The molecule has 0 aromatic heterocycles. The molecule has 0 bridgehead atoms. The predicted octanol–water partition coefficient (Wildman–Crippen LogP) is 1.45. The number of fused-ring (bicyclic) bond motifs is 2. The first-order chi connectivity index (χ1) is 20.6. The van der Waals surface area contributed by atoms with Crippen molar-refractivity contribution in [2.75, 3.05) is 26.3 Å². The normalized spacial score (nSPS) is 27.1. The second kappa shape index (κ2) is 11.4. The molecule has 2 N–H and O–H groups in total. The van der Waals surface area contributed by atoms with Crippen LogP contribution in [0, 0.1) is 17.7 Å². The topological polar surface area (TPSA) is 136 Å². The summed E-state index contributed by atoms with van der Waals surface area (Å²) in [5.74, 6) is -4.47. The third-order valence-electron chi connectivity index (χ3n) is 9.02. The van der Waals surface area contributed by atoms with Crippen LogP contribution in [-0.2, 0) is 46.3 Å². The number of amides is 3. The summed E-state index contributed by atoms with van der Waals surface area (Å²) in [4.78, 5) is 70.5. The third kappa shape index (κ3) is 5.03. The van der Waals surface area contributed by atoms with Crippen LogP contribution in [0.4, 0.5) is 4.39 Å². The van der Waals surface area contributed by atoms with Gasteiger partial charge >= 0.3 is 0 Å². The van der Waals surface area contributed by atoms with Gasteiger partial charge in [0.05, 0.1) is 24.0 Å². The number of benzene rings is 2. The molecule has 4 aliphatic heterocycles. The smallest absolute Gasteiger partial charge is 0.254 e. The Labute approximate surface area is 252 Å². The first-order valence-electron chi connectivity index (χ1n) is 14.2. The van der Waals surface area contributed by atoms with E-state index in [9.17, 15) is 28.4 Å². The Morgan fingerprint density at radius 1 is 0.977 bits per heavy atom. The van der Waals surface area contributed by atoms with Crippen LogP contribution < -0.4 is 5.73 Å². The first kappa shape index (κ1) is 29.4. The number of nitrogens with two attached hydrogens (primary N) is 1. The van der Waals surface area contributed by atoms with Crippen molar-refractivity contribution in [1.82, 2.24) is 9.80 Å². The number of ketones is 2. The molecule has 0 spiro atoms. The van der Waals surface area contributed by atoms with Crippen molar-refractivity contribution in [2.45, 2.75) is 49.5 Å². The molecule has 4 fully saturated rings. The zero-order valence-electron chi connectivity index (χ0n) is 23.2. The molecule has 2 aromatic carbocycles. The average Bonchev–Trinajstić information content (AvgIpc) is 3.75. The molecule has 4 aliphatic rings. The van der Waals surface area contributed by atoms with Gasteiger partial charge in [0.2, 0.25) is 17.4 Å². The predicted molar refractivity (Wildman–Crippen MR) is 150 cm³/mol. The number of carbonyl (C=O) groups is 5. The second-order valence-corrected chi connectivity index (χ2v) is 11.8. The number of nitrogens with zero attached hydrogens (tertiary/aromatic N) is 2. The number of rotatable bonds is 8. The van der Waals surface area contributed by atoms with Crippen LogP contribution in [0.2, 0.25) is 5.02 Å². The van der Waals surface area contributed by atoms with E-state index < -0.39 is 59.0 Å². The molecule has 2 aromatic rings. The minimum atomic E-state index is -1.99. The lowest BCUT2D eigenvalue weighted by Gasteiger charge is -2.38. The molecule has 4 heterocycles. The highest BCUT2D eigenvalue weighted by molar-refractivity contribution is 6.30. The highest BCUT2D eigenvalue weighted by Gasteiger charge is 2.65. The van der Waals surface area contributed by atoms with E-state index in [1.807, 2.05) is 0 Å². The molecule has 12 heteroatoms. The summed E-state index contributed by atoms with van der Waals surface area (Å²) in [7, 11) is 0. The third-order valence-corrected chi connectivity index (χ3v) is 9.27. The van der Waals surface area contributed by atoms with E-state index in [0.29, 0.717) is 22.6 Å². The molecule has 3 amide bonds. The van der Waals surface area contributed by atoms with Gasteiger partial charge in [0.1, 0.15) is 25.1 Å². The lowest BCUT2D eigenvalue weighted by atomic mass is 9.79. The Kier molecular flexibility index (Phi) is 7.82. The number of halogens is 2. The summed E-state index contributed by atoms with van der Waals surface area (Å²) in [6, 6.07) is 11.6. The Bertz CT molecular complexity index is 1470. The quantitative estimate of drug-likeness (QED) is 0.447. The summed E-state index contributed by atoms with van der Waals surface area (Å²) in [6.45, 7) is -0.187. The summed E-state index contributed by atoms with van der Waals surface area (Å²) in [6.07, 6.45) is -0.655. The first-order valence-corrected chi connectivity index (χ1v) is 14.5. The Balaban J connectivity index is 1.43. The van der Waals surface area contributed by atoms with Crippen molar-refractivity contribution >= 4 is 40.9 Å². The lowest BCUT2D eigenvalue weighted by molar-refractivity contribution is -0.153. The molecular weight excluding hydrogens is 581 g/mol. The van der Waals surface area contributed by atoms with Crippen molar-refractivity contribution < 1.29 is 37.8 Å². The summed E-state index contributed by atoms with van der Waals surface area (Å²) in [5.41, 5.74) is 5.04. The van der Waals surface area contributed by atoms with Gasteiger partial charge in [0.15, 0.2) is 11.6 Å². The van der Waals surface area contributed by atoms with E-state index in [0.717, 1.165) is 4.90 Å². The summed E-state index contributed by atoms with van der Waals surface area (Å²) >= 11 is 6.11. The van der Waals surface area contributed by atoms with Gasteiger partial charge in [-0.15, -0.1) is 0 Å². The average molecular weight is 611 g/mol. The van der Waals surface area contributed by atoms with Crippen molar-refractivity contribution in [1.29, 1.82) is 0 Å².